The van der Waals surface area contributed by atoms with Crippen LogP contribution in [0.2, 0.25) is 10.0 Å². The Morgan fingerprint density at radius 2 is 1.81 bits per heavy atom. The van der Waals surface area contributed by atoms with E-state index in [4.69, 9.17) is 42.6 Å². The van der Waals surface area contributed by atoms with Crippen LogP contribution >= 0.6 is 23.2 Å². The van der Waals surface area contributed by atoms with Crippen molar-refractivity contribution in [1.29, 1.82) is 0 Å². The molecule has 8 nitrogen and oxygen atoms in total. The topological polar surface area (TPSA) is 88.6 Å². The number of aromatic nitrogens is 2. The van der Waals surface area contributed by atoms with E-state index in [1.165, 1.54) is 6.08 Å². The fourth-order valence-electron chi connectivity index (χ4n) is 5.35. The van der Waals surface area contributed by atoms with Crippen molar-refractivity contribution >= 4 is 57.1 Å². The number of carbonyl (C=O) groups is 1. The van der Waals surface area contributed by atoms with Gasteiger partial charge in [-0.1, -0.05) is 48.0 Å². The van der Waals surface area contributed by atoms with Crippen molar-refractivity contribution in [2.45, 2.75) is 32.2 Å². The molecule has 43 heavy (non-hydrogen) atoms. The number of ketones is 1. The number of nitrogens with zero attached hydrogens (tertiary/aromatic N) is 3. The zero-order chi connectivity index (χ0) is 30.7. The van der Waals surface area contributed by atoms with Gasteiger partial charge >= 0.3 is 0 Å². The number of allylic oxidation sites excluding steroid dienone is 1. The number of pyridine rings is 2. The van der Waals surface area contributed by atoms with Crippen LogP contribution in [0.5, 0.6) is 11.5 Å². The molecule has 1 aliphatic rings. The summed E-state index contributed by atoms with van der Waals surface area (Å²) in [6, 6.07) is 11.7. The zero-order valence-electron chi connectivity index (χ0n) is 24.8. The van der Waals surface area contributed by atoms with E-state index in [9.17, 15) is 4.79 Å². The highest BCUT2D eigenvalue weighted by Gasteiger charge is 2.23. The Hall–Kier alpha value is -3.85. The Morgan fingerprint density at radius 1 is 1.12 bits per heavy atom. The second kappa shape index (κ2) is 13.2. The number of rotatable bonds is 10. The standard InChI is InChI=1S/C33H35Cl2N5O3/c1-6-23(41)14-20-9-7-8-19(2)32(20)39-28-16-24-21(18-36-28)15-25(38-33(24)37-22-10-12-40(3)13-11-22)29-30(34)26(42-4)17-27(43-5)31(29)35/h6-9,15-18,22H,1,10-14H2,2-5H3,(H,36,39)(H,37,38). The van der Waals surface area contributed by atoms with Crippen LogP contribution in [0.3, 0.4) is 0 Å². The number of halogens is 2. The van der Waals surface area contributed by atoms with Gasteiger partial charge in [-0.05, 0) is 69.2 Å². The molecule has 224 valence electrons. The molecular weight excluding hydrogens is 585 g/mol. The van der Waals surface area contributed by atoms with Gasteiger partial charge in [-0.2, -0.15) is 0 Å². The van der Waals surface area contributed by atoms with Gasteiger partial charge in [0.15, 0.2) is 5.78 Å². The number of ether oxygens (including phenoxy) is 2. The van der Waals surface area contributed by atoms with Crippen LogP contribution in [0, 0.1) is 6.92 Å². The van der Waals surface area contributed by atoms with Crippen molar-refractivity contribution in [2.75, 3.05) is 45.0 Å². The average Bonchev–Trinajstić information content (AvgIpc) is 3.00. The molecule has 1 saturated heterocycles. The van der Waals surface area contributed by atoms with Crippen molar-refractivity contribution in [2.24, 2.45) is 0 Å². The summed E-state index contributed by atoms with van der Waals surface area (Å²) < 4.78 is 11.0. The Bertz CT molecular complexity index is 1660. The molecular formula is C33H35Cl2N5O3. The van der Waals surface area contributed by atoms with Crippen molar-refractivity contribution in [3.63, 3.8) is 0 Å². The lowest BCUT2D eigenvalue weighted by Gasteiger charge is -2.30. The van der Waals surface area contributed by atoms with E-state index in [1.807, 2.05) is 37.3 Å². The fraction of sp³-hybridized carbons (Fsp3) is 0.303. The van der Waals surface area contributed by atoms with Gasteiger partial charge in [-0.15, -0.1) is 0 Å². The molecule has 2 aromatic heterocycles. The van der Waals surface area contributed by atoms with Crippen molar-refractivity contribution in [3.05, 3.63) is 76.4 Å². The molecule has 4 aromatic rings. The van der Waals surface area contributed by atoms with Crippen molar-refractivity contribution < 1.29 is 14.3 Å². The summed E-state index contributed by atoms with van der Waals surface area (Å²) >= 11 is 13.6. The number of carbonyl (C=O) groups excluding carboxylic acids is 1. The Morgan fingerprint density at radius 3 is 2.47 bits per heavy atom. The lowest BCUT2D eigenvalue weighted by atomic mass is 10.0. The number of nitrogens with one attached hydrogen (secondary N) is 2. The highest BCUT2D eigenvalue weighted by molar-refractivity contribution is 6.41. The van der Waals surface area contributed by atoms with Crippen LogP contribution in [-0.2, 0) is 11.2 Å². The number of anilines is 3. The second-order valence-corrected chi connectivity index (χ2v) is 11.5. The number of fused-ring (bicyclic) bond motifs is 1. The molecule has 0 saturated carbocycles. The van der Waals surface area contributed by atoms with E-state index in [0.29, 0.717) is 44.4 Å². The molecule has 0 aliphatic carbocycles. The molecule has 1 fully saturated rings. The predicted octanol–water partition coefficient (Wildman–Crippen LogP) is 7.48. The SMILES string of the molecule is C=CC(=O)Cc1cccc(C)c1Nc1cc2c(NC3CCN(C)CC3)nc(-c3c(Cl)c(OC)cc(OC)c3Cl)cc2cn1. The number of hydrogen-bond acceptors (Lipinski definition) is 8. The van der Waals surface area contributed by atoms with Gasteiger partial charge in [0.2, 0.25) is 0 Å². The zero-order valence-corrected chi connectivity index (χ0v) is 26.3. The molecule has 2 N–H and O–H groups in total. The van der Waals surface area contributed by atoms with Gasteiger partial charge in [-0.3, -0.25) is 4.79 Å². The first-order valence-electron chi connectivity index (χ1n) is 14.1. The second-order valence-electron chi connectivity index (χ2n) is 10.7. The van der Waals surface area contributed by atoms with Crippen molar-refractivity contribution in [1.82, 2.24) is 14.9 Å². The van der Waals surface area contributed by atoms with E-state index >= 15 is 0 Å². The van der Waals surface area contributed by atoms with Crippen LogP contribution < -0.4 is 20.1 Å². The number of methoxy groups -OCH3 is 2. The molecule has 0 unspecified atom stereocenters. The minimum Gasteiger partial charge on any atom is -0.495 e. The number of likely N-dealkylation sites (tertiary alicyclic amines) is 1. The number of aryl methyl sites for hydroxylation is 1. The van der Waals surface area contributed by atoms with Crippen molar-refractivity contribution in [3.8, 4) is 22.8 Å². The molecule has 0 bridgehead atoms. The molecule has 3 heterocycles. The predicted molar refractivity (Wildman–Crippen MR) is 176 cm³/mol. The van der Waals surface area contributed by atoms with Crippen LogP contribution in [0.1, 0.15) is 24.0 Å². The van der Waals surface area contributed by atoms with E-state index < -0.39 is 0 Å². The lowest BCUT2D eigenvalue weighted by Crippen LogP contribution is -2.36. The average molecular weight is 621 g/mol. The first-order chi connectivity index (χ1) is 20.7. The highest BCUT2D eigenvalue weighted by Crippen LogP contribution is 2.46. The number of piperidine rings is 1. The van der Waals surface area contributed by atoms with Gasteiger partial charge < -0.3 is 25.0 Å². The van der Waals surface area contributed by atoms with Crippen LogP contribution in [-0.4, -0.2) is 61.0 Å². The van der Waals surface area contributed by atoms with E-state index in [-0.39, 0.29) is 18.2 Å². The molecule has 0 amide bonds. The van der Waals surface area contributed by atoms with E-state index in [1.54, 1.807) is 26.5 Å². The molecule has 10 heteroatoms. The maximum Gasteiger partial charge on any atom is 0.159 e. The summed E-state index contributed by atoms with van der Waals surface area (Å²) in [6.45, 7) is 7.61. The Kier molecular flexibility index (Phi) is 9.40. The summed E-state index contributed by atoms with van der Waals surface area (Å²) in [5.41, 5.74) is 3.82. The normalized spacial score (nSPS) is 14.0. The molecule has 5 rings (SSSR count). The third kappa shape index (κ3) is 6.56. The summed E-state index contributed by atoms with van der Waals surface area (Å²) in [6.07, 6.45) is 5.37. The van der Waals surface area contributed by atoms with Crippen LogP contribution in [0.15, 0.2) is 55.3 Å². The van der Waals surface area contributed by atoms with E-state index in [2.05, 4.69) is 29.2 Å². The van der Waals surface area contributed by atoms with Gasteiger partial charge in [0.1, 0.15) is 23.1 Å². The quantitative estimate of drug-likeness (QED) is 0.177. The maximum absolute atomic E-state index is 12.2. The minimum atomic E-state index is -0.0482. The largest absolute Gasteiger partial charge is 0.495 e. The highest BCUT2D eigenvalue weighted by atomic mass is 35.5. The monoisotopic (exact) mass is 619 g/mol. The fourth-order valence-corrected chi connectivity index (χ4v) is 6.05. The third-order valence-corrected chi connectivity index (χ3v) is 8.56. The van der Waals surface area contributed by atoms with Crippen LogP contribution in [0.4, 0.5) is 17.3 Å². The smallest absolute Gasteiger partial charge is 0.159 e. The Labute approximate surface area is 262 Å². The lowest BCUT2D eigenvalue weighted by molar-refractivity contribution is -0.114. The van der Waals surface area contributed by atoms with E-state index in [0.717, 1.165) is 53.5 Å². The van der Waals surface area contributed by atoms with Gasteiger partial charge in [-0.25, -0.2) is 9.97 Å². The Balaban J connectivity index is 1.63. The number of para-hydroxylation sites is 1. The minimum absolute atomic E-state index is 0.0482. The van der Waals surface area contributed by atoms with Crippen LogP contribution in [0.25, 0.3) is 22.0 Å². The third-order valence-electron chi connectivity index (χ3n) is 7.81. The molecule has 2 aromatic carbocycles. The summed E-state index contributed by atoms with van der Waals surface area (Å²) in [7, 11) is 5.23. The van der Waals surface area contributed by atoms with Gasteiger partial charge in [0.05, 0.1) is 30.0 Å². The maximum atomic E-state index is 12.2. The summed E-state index contributed by atoms with van der Waals surface area (Å²) in [4.78, 5) is 24.3. The molecule has 0 spiro atoms. The van der Waals surface area contributed by atoms with Gasteiger partial charge in [0, 0.05) is 46.7 Å². The first kappa shape index (κ1) is 30.6. The van der Waals surface area contributed by atoms with Gasteiger partial charge in [0.25, 0.3) is 0 Å². The number of hydrogen-bond donors (Lipinski definition) is 2. The first-order valence-corrected chi connectivity index (χ1v) is 14.8. The summed E-state index contributed by atoms with van der Waals surface area (Å²) in [5.74, 6) is 2.16. The molecule has 0 atom stereocenters. The molecule has 0 radical (unpaired) electrons. The molecule has 1 aliphatic heterocycles. The summed E-state index contributed by atoms with van der Waals surface area (Å²) in [5, 5.41) is 9.59. The number of benzene rings is 2.